The lowest BCUT2D eigenvalue weighted by atomic mass is 10.2. The summed E-state index contributed by atoms with van der Waals surface area (Å²) in [5, 5.41) is 4.01. The molecule has 0 fully saturated rings. The van der Waals surface area contributed by atoms with Gasteiger partial charge in [-0.25, -0.2) is 0 Å². The minimum Gasteiger partial charge on any atom is -0.350 e. The summed E-state index contributed by atoms with van der Waals surface area (Å²) in [7, 11) is 2.00. The summed E-state index contributed by atoms with van der Waals surface area (Å²) < 4.78 is 0. The van der Waals surface area contributed by atoms with Crippen LogP contribution < -0.4 is 5.32 Å². The molecule has 0 aliphatic carbocycles. The zero-order valence-corrected chi connectivity index (χ0v) is 10.6. The second kappa shape index (κ2) is 5.12. The Kier molecular flexibility index (Phi) is 4.09. The van der Waals surface area contributed by atoms with Crippen molar-refractivity contribution >= 4 is 23.0 Å². The van der Waals surface area contributed by atoms with Crippen molar-refractivity contribution in [1.82, 2.24) is 4.90 Å². The summed E-state index contributed by atoms with van der Waals surface area (Å²) in [5.74, 6) is 0. The van der Waals surface area contributed by atoms with Crippen LogP contribution in [0.5, 0.6) is 0 Å². The van der Waals surface area contributed by atoms with Crippen LogP contribution in [0.25, 0.3) is 0 Å². The normalized spacial score (nSPS) is 10.2. The standard InChI is InChI=1S/C12H18N2S/c1-9(2)14(4)12(15)13-11-8-6-5-7-10(11)3/h5-9H,1-4H3,(H,13,15). The van der Waals surface area contributed by atoms with E-state index in [4.69, 9.17) is 12.2 Å². The Hall–Kier alpha value is -1.09. The second-order valence-electron chi connectivity index (χ2n) is 3.95. The van der Waals surface area contributed by atoms with Gasteiger partial charge in [-0.3, -0.25) is 0 Å². The second-order valence-corrected chi connectivity index (χ2v) is 4.34. The van der Waals surface area contributed by atoms with Crippen molar-refractivity contribution in [2.45, 2.75) is 26.8 Å². The van der Waals surface area contributed by atoms with Gasteiger partial charge in [0, 0.05) is 18.8 Å². The molecular weight excluding hydrogens is 204 g/mol. The fraction of sp³-hybridized carbons (Fsp3) is 0.417. The van der Waals surface area contributed by atoms with E-state index in [9.17, 15) is 0 Å². The van der Waals surface area contributed by atoms with Gasteiger partial charge in [-0.1, -0.05) is 18.2 Å². The predicted molar refractivity (Wildman–Crippen MR) is 70.3 cm³/mol. The van der Waals surface area contributed by atoms with E-state index in [-0.39, 0.29) is 0 Å². The molecule has 1 aromatic carbocycles. The molecule has 0 radical (unpaired) electrons. The van der Waals surface area contributed by atoms with E-state index < -0.39 is 0 Å². The molecule has 0 spiro atoms. The van der Waals surface area contributed by atoms with Crippen molar-refractivity contribution in [2.75, 3.05) is 12.4 Å². The molecule has 0 saturated carbocycles. The van der Waals surface area contributed by atoms with Crippen LogP contribution in [0.3, 0.4) is 0 Å². The van der Waals surface area contributed by atoms with Crippen molar-refractivity contribution in [2.24, 2.45) is 0 Å². The molecule has 0 amide bonds. The largest absolute Gasteiger partial charge is 0.350 e. The van der Waals surface area contributed by atoms with Crippen molar-refractivity contribution < 1.29 is 0 Å². The van der Waals surface area contributed by atoms with E-state index >= 15 is 0 Å². The molecule has 0 bridgehead atoms. The first-order valence-electron chi connectivity index (χ1n) is 5.12. The van der Waals surface area contributed by atoms with E-state index in [0.29, 0.717) is 6.04 Å². The molecule has 0 atom stereocenters. The molecule has 1 aromatic rings. The predicted octanol–water partition coefficient (Wildman–Crippen LogP) is 3.03. The van der Waals surface area contributed by atoms with Crippen LogP contribution >= 0.6 is 12.2 Å². The Balaban J connectivity index is 2.71. The smallest absolute Gasteiger partial charge is 0.173 e. The molecule has 0 unspecified atom stereocenters. The highest BCUT2D eigenvalue weighted by atomic mass is 32.1. The zero-order valence-electron chi connectivity index (χ0n) is 9.74. The van der Waals surface area contributed by atoms with Gasteiger partial charge in [0.2, 0.25) is 0 Å². The maximum atomic E-state index is 5.31. The third kappa shape index (κ3) is 3.20. The first-order chi connectivity index (χ1) is 7.02. The monoisotopic (exact) mass is 222 g/mol. The number of anilines is 1. The number of thiocarbonyl (C=S) groups is 1. The van der Waals surface area contributed by atoms with E-state index in [1.807, 2.05) is 30.1 Å². The lowest BCUT2D eigenvalue weighted by Crippen LogP contribution is -2.36. The van der Waals surface area contributed by atoms with Crippen molar-refractivity contribution in [3.8, 4) is 0 Å². The number of nitrogens with one attached hydrogen (secondary N) is 1. The molecule has 1 N–H and O–H groups in total. The molecule has 0 heterocycles. The van der Waals surface area contributed by atoms with Gasteiger partial charge in [0.15, 0.2) is 5.11 Å². The van der Waals surface area contributed by atoms with Crippen molar-refractivity contribution in [3.63, 3.8) is 0 Å². The number of para-hydroxylation sites is 1. The first kappa shape index (κ1) is 12.0. The SMILES string of the molecule is Cc1ccccc1NC(=S)N(C)C(C)C. The maximum Gasteiger partial charge on any atom is 0.173 e. The Morgan fingerprint density at radius 3 is 2.47 bits per heavy atom. The minimum atomic E-state index is 0.411. The summed E-state index contributed by atoms with van der Waals surface area (Å²) in [6.45, 7) is 6.30. The fourth-order valence-electron chi connectivity index (χ4n) is 1.15. The van der Waals surface area contributed by atoms with Crippen LogP contribution in [-0.2, 0) is 0 Å². The summed E-state index contributed by atoms with van der Waals surface area (Å²) in [4.78, 5) is 2.04. The van der Waals surface area contributed by atoms with Crippen LogP contribution in [-0.4, -0.2) is 23.1 Å². The quantitative estimate of drug-likeness (QED) is 0.774. The highest BCUT2D eigenvalue weighted by molar-refractivity contribution is 7.80. The van der Waals surface area contributed by atoms with Crippen LogP contribution in [0.4, 0.5) is 5.69 Å². The number of rotatable bonds is 2. The molecule has 82 valence electrons. The lowest BCUT2D eigenvalue weighted by Gasteiger charge is -2.25. The third-order valence-electron chi connectivity index (χ3n) is 2.48. The Morgan fingerprint density at radius 2 is 1.93 bits per heavy atom. The minimum absolute atomic E-state index is 0.411. The van der Waals surface area contributed by atoms with E-state index in [0.717, 1.165) is 10.8 Å². The average Bonchev–Trinajstić information content (AvgIpc) is 2.20. The number of hydrogen-bond donors (Lipinski definition) is 1. The van der Waals surface area contributed by atoms with Gasteiger partial charge in [0.05, 0.1) is 0 Å². The highest BCUT2D eigenvalue weighted by Gasteiger charge is 2.08. The molecule has 0 aliphatic rings. The fourth-order valence-corrected chi connectivity index (χ4v) is 1.47. The van der Waals surface area contributed by atoms with Crippen LogP contribution in [0.2, 0.25) is 0 Å². The average molecular weight is 222 g/mol. The lowest BCUT2D eigenvalue weighted by molar-refractivity contribution is 0.423. The van der Waals surface area contributed by atoms with E-state index in [1.165, 1.54) is 5.56 Å². The van der Waals surface area contributed by atoms with Gasteiger partial charge in [-0.2, -0.15) is 0 Å². The molecule has 0 aromatic heterocycles. The summed E-state index contributed by atoms with van der Waals surface area (Å²) in [6, 6.07) is 8.55. The first-order valence-corrected chi connectivity index (χ1v) is 5.52. The van der Waals surface area contributed by atoms with Gasteiger partial charge >= 0.3 is 0 Å². The number of aryl methyl sites for hydroxylation is 1. The Morgan fingerprint density at radius 1 is 1.33 bits per heavy atom. The number of hydrogen-bond acceptors (Lipinski definition) is 1. The van der Waals surface area contributed by atoms with E-state index in [2.05, 4.69) is 32.2 Å². The summed E-state index contributed by atoms with van der Waals surface area (Å²) in [5.41, 5.74) is 2.28. The molecule has 0 aliphatic heterocycles. The molecule has 0 saturated heterocycles. The van der Waals surface area contributed by atoms with Gasteiger partial charge in [-0.05, 0) is 44.6 Å². The van der Waals surface area contributed by atoms with Crippen molar-refractivity contribution in [1.29, 1.82) is 0 Å². The third-order valence-corrected chi connectivity index (χ3v) is 2.87. The zero-order chi connectivity index (χ0) is 11.4. The van der Waals surface area contributed by atoms with Gasteiger partial charge < -0.3 is 10.2 Å². The maximum absolute atomic E-state index is 5.31. The number of nitrogens with zero attached hydrogens (tertiary/aromatic N) is 1. The molecular formula is C12H18N2S. The molecule has 1 rings (SSSR count). The van der Waals surface area contributed by atoms with Gasteiger partial charge in [0.1, 0.15) is 0 Å². The van der Waals surface area contributed by atoms with Crippen LogP contribution in [0, 0.1) is 6.92 Å². The Bertz CT molecular complexity index is 347. The molecule has 2 nitrogen and oxygen atoms in total. The van der Waals surface area contributed by atoms with Crippen molar-refractivity contribution in [3.05, 3.63) is 29.8 Å². The highest BCUT2D eigenvalue weighted by Crippen LogP contribution is 2.14. The van der Waals surface area contributed by atoms with Crippen LogP contribution in [0.1, 0.15) is 19.4 Å². The molecule has 15 heavy (non-hydrogen) atoms. The van der Waals surface area contributed by atoms with Gasteiger partial charge in [0.25, 0.3) is 0 Å². The summed E-state index contributed by atoms with van der Waals surface area (Å²) in [6.07, 6.45) is 0. The molecule has 3 heteroatoms. The van der Waals surface area contributed by atoms with Crippen LogP contribution in [0.15, 0.2) is 24.3 Å². The Labute approximate surface area is 97.3 Å². The van der Waals surface area contributed by atoms with Gasteiger partial charge in [-0.15, -0.1) is 0 Å². The number of benzene rings is 1. The van der Waals surface area contributed by atoms with E-state index in [1.54, 1.807) is 0 Å². The summed E-state index contributed by atoms with van der Waals surface area (Å²) >= 11 is 5.31. The topological polar surface area (TPSA) is 15.3 Å².